The highest BCUT2D eigenvalue weighted by Crippen LogP contribution is 1.49. The van der Waals surface area contributed by atoms with Crippen molar-refractivity contribution >= 4 is 5.96 Å². The zero-order chi connectivity index (χ0) is 9.28. The highest BCUT2D eigenvalue weighted by molar-refractivity contribution is 5.75. The molecule has 62 valence electrons. The van der Waals surface area contributed by atoms with Gasteiger partial charge in [0, 0.05) is 6.20 Å². The lowest BCUT2D eigenvalue weighted by atomic mass is 10.8. The molecule has 10 N–H and O–H groups in total. The summed E-state index contributed by atoms with van der Waals surface area (Å²) >= 11 is 0. The predicted octanol–water partition coefficient (Wildman–Crippen LogP) is -2.39. The molecule has 11 heavy (non-hydrogen) atoms. The van der Waals surface area contributed by atoms with E-state index in [1.165, 1.54) is 6.19 Å². The monoisotopic (exact) mass is 157 g/mol. The first-order valence-electron chi connectivity index (χ1n) is 2.46. The molecule has 0 unspecified atom stereocenters. The minimum atomic E-state index is -0.322. The minimum absolute atomic E-state index is 0.157. The SMILES string of the molecule is N#CNC(=N)N.NC=C(N)N. The van der Waals surface area contributed by atoms with Crippen molar-refractivity contribution in [2.45, 2.75) is 0 Å². The number of nitrogens with two attached hydrogens (primary N) is 4. The predicted molar refractivity (Wildman–Crippen MR) is 41.3 cm³/mol. The Balaban J connectivity index is 0. The maximum absolute atomic E-state index is 7.65. The quantitative estimate of drug-likeness (QED) is 0.0993. The average Bonchev–Trinajstić information content (AvgIpc) is 1.89. The summed E-state index contributed by atoms with van der Waals surface area (Å²) < 4.78 is 0. The van der Waals surface area contributed by atoms with E-state index in [0.29, 0.717) is 0 Å². The lowest BCUT2D eigenvalue weighted by Gasteiger charge is -1.82. The summed E-state index contributed by atoms with van der Waals surface area (Å²) in [5.74, 6) is -0.164. The summed E-state index contributed by atoms with van der Waals surface area (Å²) in [7, 11) is 0. The van der Waals surface area contributed by atoms with Gasteiger partial charge >= 0.3 is 0 Å². The van der Waals surface area contributed by atoms with Crippen LogP contribution in [0.5, 0.6) is 0 Å². The number of nitrogens with one attached hydrogen (secondary N) is 2. The van der Waals surface area contributed by atoms with Crippen LogP contribution < -0.4 is 28.3 Å². The van der Waals surface area contributed by atoms with Crippen LogP contribution in [0.1, 0.15) is 0 Å². The molecule has 0 heterocycles. The summed E-state index contributed by atoms with van der Waals surface area (Å²) in [5, 5.41) is 15.9. The van der Waals surface area contributed by atoms with E-state index < -0.39 is 0 Å². The van der Waals surface area contributed by atoms with Crippen LogP contribution in [-0.2, 0) is 0 Å². The molecule has 0 aliphatic heterocycles. The van der Waals surface area contributed by atoms with Crippen molar-refractivity contribution in [2.75, 3.05) is 0 Å². The second-order valence-corrected chi connectivity index (χ2v) is 1.32. The lowest BCUT2D eigenvalue weighted by molar-refractivity contribution is 1.19. The van der Waals surface area contributed by atoms with Crippen molar-refractivity contribution in [1.29, 1.82) is 10.7 Å². The fourth-order valence-electron chi connectivity index (χ4n) is 0.0602. The first kappa shape index (κ1) is 11.7. The third-order valence-electron chi connectivity index (χ3n) is 0.383. The molecule has 0 aromatic heterocycles. The van der Waals surface area contributed by atoms with Crippen LogP contribution in [-0.4, -0.2) is 5.96 Å². The van der Waals surface area contributed by atoms with Gasteiger partial charge in [0.05, 0.1) is 0 Å². The van der Waals surface area contributed by atoms with Crippen LogP contribution in [0.15, 0.2) is 12.0 Å². The van der Waals surface area contributed by atoms with Crippen molar-refractivity contribution in [3.63, 3.8) is 0 Å². The molecule has 0 aliphatic rings. The molecular formula is C4H11N7. The van der Waals surface area contributed by atoms with Gasteiger partial charge in [-0.2, -0.15) is 5.26 Å². The summed E-state index contributed by atoms with van der Waals surface area (Å²) in [6.45, 7) is 0. The number of rotatable bonds is 0. The second-order valence-electron chi connectivity index (χ2n) is 1.32. The number of hydrogen-bond acceptors (Lipinski definition) is 5. The van der Waals surface area contributed by atoms with Crippen molar-refractivity contribution in [2.24, 2.45) is 22.9 Å². The number of nitriles is 1. The van der Waals surface area contributed by atoms with Crippen LogP contribution in [0.25, 0.3) is 0 Å². The molecule has 0 spiro atoms. The van der Waals surface area contributed by atoms with Crippen LogP contribution in [0.3, 0.4) is 0 Å². The molecule has 0 aliphatic carbocycles. The third kappa shape index (κ3) is 32.7. The van der Waals surface area contributed by atoms with E-state index >= 15 is 0 Å². The van der Waals surface area contributed by atoms with Gasteiger partial charge in [0.2, 0.25) is 0 Å². The Labute approximate surface area is 64.1 Å². The molecule has 0 aromatic rings. The van der Waals surface area contributed by atoms with Gasteiger partial charge in [0.15, 0.2) is 12.2 Å². The molecule has 7 heteroatoms. The fraction of sp³-hybridized carbons (Fsp3) is 0. The van der Waals surface area contributed by atoms with E-state index in [-0.39, 0.29) is 11.8 Å². The second kappa shape index (κ2) is 7.90. The molecule has 0 saturated heterocycles. The molecule has 0 aromatic carbocycles. The van der Waals surface area contributed by atoms with Crippen molar-refractivity contribution < 1.29 is 0 Å². The number of guanidine groups is 1. The van der Waals surface area contributed by atoms with Crippen LogP contribution >= 0.6 is 0 Å². The average molecular weight is 157 g/mol. The van der Waals surface area contributed by atoms with Gasteiger partial charge in [-0.05, 0) is 0 Å². The molecule has 0 bridgehead atoms. The fourth-order valence-corrected chi connectivity index (χ4v) is 0.0602. The van der Waals surface area contributed by atoms with E-state index in [2.05, 4.69) is 5.73 Å². The smallest absolute Gasteiger partial charge is 0.199 e. The van der Waals surface area contributed by atoms with Crippen LogP contribution in [0.4, 0.5) is 0 Å². The van der Waals surface area contributed by atoms with Gasteiger partial charge in [-0.1, -0.05) is 0 Å². The summed E-state index contributed by atoms with van der Waals surface area (Å²) in [6, 6.07) is 0. The third-order valence-corrected chi connectivity index (χ3v) is 0.383. The molecule has 0 fully saturated rings. The lowest BCUT2D eigenvalue weighted by Crippen LogP contribution is -2.25. The Bertz CT molecular complexity index is 171. The van der Waals surface area contributed by atoms with E-state index in [0.717, 1.165) is 6.20 Å². The largest absolute Gasteiger partial charge is 0.402 e. The zero-order valence-corrected chi connectivity index (χ0v) is 5.83. The standard InChI is InChI=1S/C2H4N4.C2H7N3/c3-1-6-2(4)5;3-1-2(4)5/h(H4,4,5,6);1H,3-5H2. The van der Waals surface area contributed by atoms with E-state index in [1.54, 1.807) is 0 Å². The maximum atomic E-state index is 7.65. The molecule has 0 radical (unpaired) electrons. The highest BCUT2D eigenvalue weighted by atomic mass is 15.0. The molecule has 0 rings (SSSR count). The molecule has 7 nitrogen and oxygen atoms in total. The number of nitrogens with zero attached hydrogens (tertiary/aromatic N) is 1. The molecular weight excluding hydrogens is 146 g/mol. The Morgan fingerprint density at radius 1 is 1.45 bits per heavy atom. The normalized spacial score (nSPS) is 6.09. The Morgan fingerprint density at radius 2 is 1.82 bits per heavy atom. The van der Waals surface area contributed by atoms with Crippen molar-refractivity contribution in [1.82, 2.24) is 5.32 Å². The first-order chi connectivity index (χ1) is 5.04. The van der Waals surface area contributed by atoms with Crippen LogP contribution in [0, 0.1) is 16.9 Å². The van der Waals surface area contributed by atoms with Gasteiger partial charge < -0.3 is 22.9 Å². The van der Waals surface area contributed by atoms with E-state index in [4.69, 9.17) is 27.9 Å². The Hall–Kier alpha value is -2.10. The first-order valence-corrected chi connectivity index (χ1v) is 2.46. The zero-order valence-electron chi connectivity index (χ0n) is 5.83. The van der Waals surface area contributed by atoms with Gasteiger partial charge in [0.1, 0.15) is 5.82 Å². The van der Waals surface area contributed by atoms with Crippen molar-refractivity contribution in [3.8, 4) is 6.19 Å². The molecule has 0 saturated carbocycles. The van der Waals surface area contributed by atoms with Gasteiger partial charge in [-0.3, -0.25) is 10.7 Å². The minimum Gasteiger partial charge on any atom is -0.402 e. The summed E-state index contributed by atoms with van der Waals surface area (Å²) in [4.78, 5) is 0. The topological polar surface area (TPSA) is 164 Å². The van der Waals surface area contributed by atoms with E-state index in [1.807, 2.05) is 5.32 Å². The van der Waals surface area contributed by atoms with Gasteiger partial charge in [0.25, 0.3) is 0 Å². The molecule has 0 atom stereocenters. The summed E-state index contributed by atoms with van der Waals surface area (Å²) in [5.41, 5.74) is 19.0. The highest BCUT2D eigenvalue weighted by Gasteiger charge is 1.73. The number of hydrogen-bond donors (Lipinski definition) is 6. The van der Waals surface area contributed by atoms with E-state index in [9.17, 15) is 0 Å². The maximum Gasteiger partial charge on any atom is 0.199 e. The molecule has 0 amide bonds. The Kier molecular flexibility index (Phi) is 8.38. The van der Waals surface area contributed by atoms with Gasteiger partial charge in [-0.15, -0.1) is 0 Å². The summed E-state index contributed by atoms with van der Waals surface area (Å²) in [6.07, 6.45) is 2.61. The Morgan fingerprint density at radius 3 is 1.82 bits per heavy atom. The van der Waals surface area contributed by atoms with Crippen molar-refractivity contribution in [3.05, 3.63) is 12.0 Å². The van der Waals surface area contributed by atoms with Gasteiger partial charge in [-0.25, -0.2) is 0 Å². The van der Waals surface area contributed by atoms with Crippen LogP contribution in [0.2, 0.25) is 0 Å².